The second-order valence-corrected chi connectivity index (χ2v) is 3.76. The molecule has 0 radical (unpaired) electrons. The lowest BCUT2D eigenvalue weighted by Gasteiger charge is -2.09. The smallest absolute Gasteiger partial charge is 0.196 e. The molecule has 0 fully saturated rings. The van der Waals surface area contributed by atoms with Crippen LogP contribution in [0.4, 0.5) is 10.1 Å². The summed E-state index contributed by atoms with van der Waals surface area (Å²) in [6.07, 6.45) is 0. The molecule has 18 heavy (non-hydrogen) atoms. The van der Waals surface area contributed by atoms with E-state index in [2.05, 4.69) is 0 Å². The molecule has 0 aliphatic heterocycles. The van der Waals surface area contributed by atoms with Gasteiger partial charge in [0.2, 0.25) is 0 Å². The zero-order valence-electron chi connectivity index (χ0n) is 9.81. The zero-order chi connectivity index (χ0) is 13.1. The Morgan fingerprint density at radius 1 is 1.17 bits per heavy atom. The molecule has 92 valence electrons. The molecule has 3 nitrogen and oxygen atoms in total. The van der Waals surface area contributed by atoms with Crippen molar-refractivity contribution in [2.24, 2.45) is 0 Å². The fourth-order valence-corrected chi connectivity index (χ4v) is 1.72. The van der Waals surface area contributed by atoms with Gasteiger partial charge >= 0.3 is 0 Å². The summed E-state index contributed by atoms with van der Waals surface area (Å²) in [5, 5.41) is 0. The summed E-state index contributed by atoms with van der Waals surface area (Å²) in [5.74, 6) is -0.294. The molecule has 0 aromatic heterocycles. The number of hydrogen-bond donors (Lipinski definition) is 1. The van der Waals surface area contributed by atoms with Crippen LogP contribution < -0.4 is 10.5 Å². The molecule has 0 aliphatic carbocycles. The van der Waals surface area contributed by atoms with Gasteiger partial charge in [0.1, 0.15) is 5.82 Å². The van der Waals surface area contributed by atoms with Crippen LogP contribution in [-0.4, -0.2) is 12.9 Å². The van der Waals surface area contributed by atoms with E-state index in [0.717, 1.165) is 0 Å². The van der Waals surface area contributed by atoms with E-state index in [1.165, 1.54) is 31.4 Å². The van der Waals surface area contributed by atoms with Gasteiger partial charge < -0.3 is 10.5 Å². The van der Waals surface area contributed by atoms with Crippen molar-refractivity contribution in [3.05, 3.63) is 59.4 Å². The maximum Gasteiger partial charge on any atom is 0.196 e. The van der Waals surface area contributed by atoms with Crippen molar-refractivity contribution in [3.63, 3.8) is 0 Å². The Hall–Kier alpha value is -2.36. The Labute approximate surface area is 104 Å². The second kappa shape index (κ2) is 4.87. The predicted octanol–water partition coefficient (Wildman–Crippen LogP) is 2.65. The largest absolute Gasteiger partial charge is 0.494 e. The monoisotopic (exact) mass is 245 g/mol. The van der Waals surface area contributed by atoms with Crippen LogP contribution in [0.25, 0.3) is 0 Å². The van der Waals surface area contributed by atoms with Crippen LogP contribution in [0.2, 0.25) is 0 Å². The maximum atomic E-state index is 12.8. The van der Waals surface area contributed by atoms with Crippen molar-refractivity contribution >= 4 is 11.5 Å². The highest BCUT2D eigenvalue weighted by molar-refractivity contribution is 6.11. The maximum absolute atomic E-state index is 12.8. The van der Waals surface area contributed by atoms with Gasteiger partial charge in [0.05, 0.1) is 18.4 Å². The summed E-state index contributed by atoms with van der Waals surface area (Å²) in [4.78, 5) is 12.2. The molecule has 0 amide bonds. The van der Waals surface area contributed by atoms with E-state index in [-0.39, 0.29) is 11.6 Å². The number of anilines is 1. The number of benzene rings is 2. The summed E-state index contributed by atoms with van der Waals surface area (Å²) in [6.45, 7) is 0. The molecule has 0 saturated carbocycles. The van der Waals surface area contributed by atoms with Crippen molar-refractivity contribution in [2.75, 3.05) is 12.8 Å². The minimum atomic E-state index is -0.383. The molecule has 0 atom stereocenters. The number of carbonyl (C=O) groups excluding carboxylic acids is 1. The number of ketones is 1. The van der Waals surface area contributed by atoms with Gasteiger partial charge in [-0.15, -0.1) is 0 Å². The summed E-state index contributed by atoms with van der Waals surface area (Å²) in [6, 6.07) is 10.3. The first kappa shape index (κ1) is 12.1. The van der Waals surface area contributed by atoms with Gasteiger partial charge in [0.15, 0.2) is 11.5 Å². The highest BCUT2D eigenvalue weighted by Crippen LogP contribution is 2.27. The van der Waals surface area contributed by atoms with Gasteiger partial charge in [-0.2, -0.15) is 0 Å². The van der Waals surface area contributed by atoms with Crippen LogP contribution >= 0.6 is 0 Å². The van der Waals surface area contributed by atoms with Crippen molar-refractivity contribution in [2.45, 2.75) is 0 Å². The van der Waals surface area contributed by atoms with Gasteiger partial charge in [-0.05, 0) is 36.4 Å². The van der Waals surface area contributed by atoms with E-state index in [1.54, 1.807) is 18.2 Å². The SMILES string of the molecule is COc1c(N)cccc1C(=O)c1ccc(F)cc1. The van der Waals surface area contributed by atoms with Crippen molar-refractivity contribution in [3.8, 4) is 5.75 Å². The number of nitrogens with two attached hydrogens (primary N) is 1. The molecule has 2 rings (SSSR count). The number of rotatable bonds is 3. The molecule has 0 spiro atoms. The lowest BCUT2D eigenvalue weighted by molar-refractivity contribution is 0.103. The predicted molar refractivity (Wildman–Crippen MR) is 67.2 cm³/mol. The van der Waals surface area contributed by atoms with Crippen LogP contribution in [0, 0.1) is 5.82 Å². The van der Waals surface area contributed by atoms with E-state index in [0.29, 0.717) is 22.6 Å². The molecule has 2 aromatic rings. The molecule has 0 bridgehead atoms. The normalized spacial score (nSPS) is 10.1. The van der Waals surface area contributed by atoms with Gasteiger partial charge in [-0.1, -0.05) is 6.07 Å². The van der Waals surface area contributed by atoms with Crippen LogP contribution in [-0.2, 0) is 0 Å². The van der Waals surface area contributed by atoms with Gasteiger partial charge in [0, 0.05) is 5.56 Å². The minimum absolute atomic E-state index is 0.251. The first-order chi connectivity index (χ1) is 8.63. The average Bonchev–Trinajstić information content (AvgIpc) is 2.38. The summed E-state index contributed by atoms with van der Waals surface area (Å²) in [5.41, 5.74) is 6.88. The molecular formula is C14H12FNO2. The summed E-state index contributed by atoms with van der Waals surface area (Å²) in [7, 11) is 1.45. The van der Waals surface area contributed by atoms with E-state index in [1.807, 2.05) is 0 Å². The Bertz CT molecular complexity index is 579. The highest BCUT2D eigenvalue weighted by atomic mass is 19.1. The number of hydrogen-bond acceptors (Lipinski definition) is 3. The second-order valence-electron chi connectivity index (χ2n) is 3.76. The van der Waals surface area contributed by atoms with Gasteiger partial charge in [-0.3, -0.25) is 4.79 Å². The fourth-order valence-electron chi connectivity index (χ4n) is 1.72. The number of halogens is 1. The third kappa shape index (κ3) is 2.18. The quantitative estimate of drug-likeness (QED) is 0.668. The van der Waals surface area contributed by atoms with Crippen LogP contribution in [0.15, 0.2) is 42.5 Å². The molecule has 0 unspecified atom stereocenters. The Morgan fingerprint density at radius 3 is 2.44 bits per heavy atom. The third-order valence-electron chi connectivity index (χ3n) is 2.60. The van der Waals surface area contributed by atoms with E-state index < -0.39 is 0 Å². The lowest BCUT2D eigenvalue weighted by Crippen LogP contribution is -2.05. The molecule has 0 heterocycles. The molecule has 0 saturated heterocycles. The highest BCUT2D eigenvalue weighted by Gasteiger charge is 2.16. The first-order valence-corrected chi connectivity index (χ1v) is 5.36. The van der Waals surface area contributed by atoms with Crippen LogP contribution in [0.1, 0.15) is 15.9 Å². The Balaban J connectivity index is 2.46. The average molecular weight is 245 g/mol. The standard InChI is InChI=1S/C14H12FNO2/c1-18-14-11(3-2-4-12(14)16)13(17)9-5-7-10(15)8-6-9/h2-8H,16H2,1H3. The van der Waals surface area contributed by atoms with Crippen molar-refractivity contribution in [1.29, 1.82) is 0 Å². The number of methoxy groups -OCH3 is 1. The third-order valence-corrected chi connectivity index (χ3v) is 2.60. The number of para-hydroxylation sites is 1. The number of ether oxygens (including phenoxy) is 1. The van der Waals surface area contributed by atoms with Crippen LogP contribution in [0.5, 0.6) is 5.75 Å². The summed E-state index contributed by atoms with van der Waals surface area (Å²) >= 11 is 0. The van der Waals surface area contributed by atoms with Crippen molar-refractivity contribution < 1.29 is 13.9 Å². The van der Waals surface area contributed by atoms with Gasteiger partial charge in [0.25, 0.3) is 0 Å². The van der Waals surface area contributed by atoms with E-state index >= 15 is 0 Å². The van der Waals surface area contributed by atoms with Crippen LogP contribution in [0.3, 0.4) is 0 Å². The number of nitrogen functional groups attached to an aromatic ring is 1. The molecule has 2 aromatic carbocycles. The van der Waals surface area contributed by atoms with Crippen molar-refractivity contribution in [1.82, 2.24) is 0 Å². The fraction of sp³-hybridized carbons (Fsp3) is 0.0714. The molecule has 4 heteroatoms. The van der Waals surface area contributed by atoms with E-state index in [9.17, 15) is 9.18 Å². The lowest BCUT2D eigenvalue weighted by atomic mass is 10.0. The van der Waals surface area contributed by atoms with E-state index in [4.69, 9.17) is 10.5 Å². The molecule has 0 aliphatic rings. The first-order valence-electron chi connectivity index (χ1n) is 5.36. The Kier molecular flexibility index (Phi) is 3.28. The minimum Gasteiger partial charge on any atom is -0.494 e. The molecular weight excluding hydrogens is 233 g/mol. The number of carbonyl (C=O) groups is 1. The zero-order valence-corrected chi connectivity index (χ0v) is 9.81. The topological polar surface area (TPSA) is 52.3 Å². The Morgan fingerprint density at radius 2 is 1.83 bits per heavy atom. The summed E-state index contributed by atoms with van der Waals surface area (Å²) < 4.78 is 17.9. The van der Waals surface area contributed by atoms with Gasteiger partial charge in [-0.25, -0.2) is 4.39 Å². The molecule has 2 N–H and O–H groups in total.